The lowest BCUT2D eigenvalue weighted by Gasteiger charge is -2.13. The number of hydrogen-bond donors (Lipinski definition) is 1. The standard InChI is InChI=1S/C10H8BrF3N2O3/c1-4(17)15-6-3-5(11)8(10(12,13)14)16-7(6)9(18)19-2/h3H,1-2H3,(H,15,17). The number of hydrogen-bond acceptors (Lipinski definition) is 4. The van der Waals surface area contributed by atoms with Crippen LogP contribution < -0.4 is 5.32 Å². The second-order valence-electron chi connectivity index (χ2n) is 3.39. The fourth-order valence-electron chi connectivity index (χ4n) is 1.22. The maximum Gasteiger partial charge on any atom is 0.434 e. The quantitative estimate of drug-likeness (QED) is 0.840. The molecule has 0 aromatic carbocycles. The molecule has 0 saturated carbocycles. The van der Waals surface area contributed by atoms with Crippen LogP contribution >= 0.6 is 15.9 Å². The molecule has 0 saturated heterocycles. The van der Waals surface area contributed by atoms with E-state index in [4.69, 9.17) is 0 Å². The molecule has 0 aliphatic rings. The fourth-order valence-corrected chi connectivity index (χ4v) is 1.77. The van der Waals surface area contributed by atoms with Gasteiger partial charge in [-0.2, -0.15) is 13.2 Å². The number of alkyl halides is 3. The van der Waals surface area contributed by atoms with E-state index >= 15 is 0 Å². The van der Waals surface area contributed by atoms with E-state index in [-0.39, 0.29) is 5.69 Å². The molecule has 1 N–H and O–H groups in total. The fraction of sp³-hybridized carbons (Fsp3) is 0.300. The molecular formula is C10H8BrF3N2O3. The van der Waals surface area contributed by atoms with Crippen molar-refractivity contribution in [1.82, 2.24) is 4.98 Å². The van der Waals surface area contributed by atoms with Gasteiger partial charge in [0.25, 0.3) is 0 Å². The molecule has 1 aromatic heterocycles. The highest BCUT2D eigenvalue weighted by Crippen LogP contribution is 2.35. The van der Waals surface area contributed by atoms with Gasteiger partial charge in [0.2, 0.25) is 5.91 Å². The second-order valence-corrected chi connectivity index (χ2v) is 4.24. The van der Waals surface area contributed by atoms with E-state index in [9.17, 15) is 22.8 Å². The van der Waals surface area contributed by atoms with Gasteiger partial charge in [-0.25, -0.2) is 9.78 Å². The van der Waals surface area contributed by atoms with E-state index in [1.165, 1.54) is 0 Å². The lowest BCUT2D eigenvalue weighted by Crippen LogP contribution is -2.18. The third kappa shape index (κ3) is 3.66. The Morgan fingerprint density at radius 2 is 2.00 bits per heavy atom. The summed E-state index contributed by atoms with van der Waals surface area (Å²) in [6.07, 6.45) is -4.74. The number of amides is 1. The van der Waals surface area contributed by atoms with E-state index in [1.54, 1.807) is 0 Å². The van der Waals surface area contributed by atoms with Crippen molar-refractivity contribution in [2.24, 2.45) is 0 Å². The molecule has 0 atom stereocenters. The Morgan fingerprint density at radius 1 is 1.42 bits per heavy atom. The molecule has 0 aliphatic carbocycles. The van der Waals surface area contributed by atoms with Crippen LogP contribution in [0.25, 0.3) is 0 Å². The first-order chi connectivity index (χ1) is 8.66. The van der Waals surface area contributed by atoms with Gasteiger partial charge < -0.3 is 10.1 Å². The van der Waals surface area contributed by atoms with Crippen molar-refractivity contribution < 1.29 is 27.5 Å². The minimum absolute atomic E-state index is 0.167. The number of rotatable bonds is 2. The number of methoxy groups -OCH3 is 1. The summed E-state index contributed by atoms with van der Waals surface area (Å²) in [6, 6.07) is 0.948. The topological polar surface area (TPSA) is 68.3 Å². The van der Waals surface area contributed by atoms with Crippen LogP contribution in [0.5, 0.6) is 0 Å². The zero-order valence-electron chi connectivity index (χ0n) is 9.76. The number of ether oxygens (including phenoxy) is 1. The van der Waals surface area contributed by atoms with Gasteiger partial charge in [0, 0.05) is 6.92 Å². The summed E-state index contributed by atoms with van der Waals surface area (Å²) in [4.78, 5) is 25.5. The van der Waals surface area contributed by atoms with Gasteiger partial charge >= 0.3 is 12.1 Å². The maximum absolute atomic E-state index is 12.7. The Labute approximate surface area is 114 Å². The van der Waals surface area contributed by atoms with Gasteiger partial charge in [0.1, 0.15) is 0 Å². The molecule has 1 aromatic rings. The molecule has 1 heterocycles. The van der Waals surface area contributed by atoms with Gasteiger partial charge in [0.05, 0.1) is 17.3 Å². The molecule has 0 aliphatic heterocycles. The molecule has 0 spiro atoms. The lowest BCUT2D eigenvalue weighted by molar-refractivity contribution is -0.141. The molecule has 1 rings (SSSR count). The van der Waals surface area contributed by atoms with Gasteiger partial charge in [-0.3, -0.25) is 4.79 Å². The van der Waals surface area contributed by atoms with Crippen LogP contribution in [-0.2, 0) is 15.7 Å². The summed E-state index contributed by atoms with van der Waals surface area (Å²) in [5.41, 5.74) is -2.06. The van der Waals surface area contributed by atoms with E-state index in [1.807, 2.05) is 0 Å². The van der Waals surface area contributed by atoms with Crippen LogP contribution in [0.15, 0.2) is 10.5 Å². The first-order valence-corrected chi connectivity index (χ1v) is 5.59. The van der Waals surface area contributed by atoms with E-state index in [2.05, 4.69) is 31.0 Å². The monoisotopic (exact) mass is 340 g/mol. The minimum atomic E-state index is -4.74. The lowest BCUT2D eigenvalue weighted by atomic mass is 10.2. The average molecular weight is 341 g/mol. The number of aromatic nitrogens is 1. The van der Waals surface area contributed by atoms with Crippen molar-refractivity contribution in [3.05, 3.63) is 21.9 Å². The molecular weight excluding hydrogens is 333 g/mol. The predicted octanol–water partition coefficient (Wildman–Crippen LogP) is 2.61. The number of carbonyl (C=O) groups is 2. The molecule has 0 bridgehead atoms. The van der Waals surface area contributed by atoms with Crippen molar-refractivity contribution in [1.29, 1.82) is 0 Å². The second kappa shape index (κ2) is 5.55. The number of nitrogens with one attached hydrogen (secondary N) is 1. The maximum atomic E-state index is 12.7. The molecule has 1 amide bonds. The average Bonchev–Trinajstić information content (AvgIpc) is 2.25. The Kier molecular flexibility index (Phi) is 4.51. The number of pyridine rings is 1. The highest BCUT2D eigenvalue weighted by atomic mass is 79.9. The van der Waals surface area contributed by atoms with Crippen LogP contribution in [0.3, 0.4) is 0 Å². The molecule has 0 radical (unpaired) electrons. The highest BCUT2D eigenvalue weighted by molar-refractivity contribution is 9.10. The summed E-state index contributed by atoms with van der Waals surface area (Å²) in [6.45, 7) is 1.15. The largest absolute Gasteiger partial charge is 0.464 e. The van der Waals surface area contributed by atoms with Crippen LogP contribution in [0.1, 0.15) is 23.1 Å². The summed E-state index contributed by atoms with van der Waals surface area (Å²) >= 11 is 2.69. The Hall–Kier alpha value is -1.64. The minimum Gasteiger partial charge on any atom is -0.464 e. The van der Waals surface area contributed by atoms with Crippen molar-refractivity contribution >= 4 is 33.5 Å². The smallest absolute Gasteiger partial charge is 0.434 e. The summed E-state index contributed by atoms with van der Waals surface area (Å²) in [7, 11) is 0.997. The van der Waals surface area contributed by atoms with Gasteiger partial charge in [-0.1, -0.05) is 0 Å². The number of carbonyl (C=O) groups excluding carboxylic acids is 2. The van der Waals surface area contributed by atoms with Crippen molar-refractivity contribution in [3.8, 4) is 0 Å². The molecule has 104 valence electrons. The Balaban J connectivity index is 3.45. The van der Waals surface area contributed by atoms with Crippen LogP contribution in [0.2, 0.25) is 0 Å². The summed E-state index contributed by atoms with van der Waals surface area (Å²) in [5, 5.41) is 2.21. The van der Waals surface area contributed by atoms with Crippen molar-refractivity contribution in [3.63, 3.8) is 0 Å². The van der Waals surface area contributed by atoms with E-state index in [0.29, 0.717) is 0 Å². The first-order valence-electron chi connectivity index (χ1n) is 4.80. The normalized spacial score (nSPS) is 11.1. The zero-order valence-corrected chi connectivity index (χ0v) is 11.3. The van der Waals surface area contributed by atoms with Crippen molar-refractivity contribution in [2.75, 3.05) is 12.4 Å². The van der Waals surface area contributed by atoms with Gasteiger partial charge in [-0.05, 0) is 22.0 Å². The van der Waals surface area contributed by atoms with Crippen molar-refractivity contribution in [2.45, 2.75) is 13.1 Å². The third-order valence-corrected chi connectivity index (χ3v) is 2.54. The summed E-state index contributed by atoms with van der Waals surface area (Å²) < 4.78 is 41.9. The predicted molar refractivity (Wildman–Crippen MR) is 62.6 cm³/mol. The SMILES string of the molecule is COC(=O)c1nc(C(F)(F)F)c(Br)cc1NC(C)=O. The molecule has 0 fully saturated rings. The van der Waals surface area contributed by atoms with Crippen LogP contribution in [0, 0.1) is 0 Å². The van der Waals surface area contributed by atoms with E-state index < -0.39 is 33.9 Å². The number of halogens is 4. The molecule has 19 heavy (non-hydrogen) atoms. The Morgan fingerprint density at radius 3 is 2.42 bits per heavy atom. The van der Waals surface area contributed by atoms with Gasteiger partial charge in [0.15, 0.2) is 11.4 Å². The number of esters is 1. The zero-order chi connectivity index (χ0) is 14.8. The molecule has 9 heteroatoms. The highest BCUT2D eigenvalue weighted by Gasteiger charge is 2.37. The molecule has 0 unspecified atom stereocenters. The van der Waals surface area contributed by atoms with Crippen LogP contribution in [0.4, 0.5) is 18.9 Å². The van der Waals surface area contributed by atoms with Gasteiger partial charge in [-0.15, -0.1) is 0 Å². The first kappa shape index (κ1) is 15.4. The number of anilines is 1. The molecule has 5 nitrogen and oxygen atoms in total. The number of nitrogens with zero attached hydrogens (tertiary/aromatic N) is 1. The Bertz CT molecular complexity index is 531. The third-order valence-electron chi connectivity index (χ3n) is 1.93. The van der Waals surface area contributed by atoms with E-state index in [0.717, 1.165) is 20.1 Å². The van der Waals surface area contributed by atoms with Crippen LogP contribution in [-0.4, -0.2) is 24.0 Å². The summed E-state index contributed by atoms with van der Waals surface area (Å²) in [5.74, 6) is -1.64.